The van der Waals surface area contributed by atoms with Gasteiger partial charge in [-0.05, 0) is 6.54 Å². The van der Waals surface area contributed by atoms with E-state index in [0.717, 1.165) is 0 Å². The standard InChI is InChI=1S/C9H16N2O3/c1-3-10-4-5-11(7(2)12)6-8(10)9(13)14/h8H,3-6H2,1-2H3,(H,13,14). The van der Waals surface area contributed by atoms with E-state index in [0.29, 0.717) is 26.2 Å². The van der Waals surface area contributed by atoms with Crippen LogP contribution in [0.2, 0.25) is 0 Å². The van der Waals surface area contributed by atoms with Crippen molar-refractivity contribution in [3.63, 3.8) is 0 Å². The van der Waals surface area contributed by atoms with Crippen LogP contribution in [-0.4, -0.2) is 59.0 Å². The highest BCUT2D eigenvalue weighted by atomic mass is 16.4. The highest BCUT2D eigenvalue weighted by molar-refractivity contribution is 5.77. The summed E-state index contributed by atoms with van der Waals surface area (Å²) in [7, 11) is 0. The van der Waals surface area contributed by atoms with Crippen molar-refractivity contribution >= 4 is 11.9 Å². The van der Waals surface area contributed by atoms with E-state index in [2.05, 4.69) is 0 Å². The van der Waals surface area contributed by atoms with Gasteiger partial charge in [0.15, 0.2) is 0 Å². The molecule has 1 amide bonds. The second kappa shape index (κ2) is 4.41. The molecule has 1 aliphatic rings. The van der Waals surface area contributed by atoms with E-state index in [1.807, 2.05) is 11.8 Å². The number of piperazine rings is 1. The van der Waals surface area contributed by atoms with Crippen LogP contribution in [0, 0.1) is 0 Å². The summed E-state index contributed by atoms with van der Waals surface area (Å²) in [5.41, 5.74) is 0. The van der Waals surface area contributed by atoms with E-state index in [1.54, 1.807) is 4.90 Å². The molecule has 0 aromatic heterocycles. The molecule has 1 atom stereocenters. The van der Waals surface area contributed by atoms with E-state index in [1.165, 1.54) is 6.92 Å². The lowest BCUT2D eigenvalue weighted by Crippen LogP contribution is -2.57. The molecular formula is C9H16N2O3. The number of likely N-dealkylation sites (N-methyl/N-ethyl adjacent to an activating group) is 1. The summed E-state index contributed by atoms with van der Waals surface area (Å²) in [6.07, 6.45) is 0. The van der Waals surface area contributed by atoms with Crippen molar-refractivity contribution in [2.24, 2.45) is 0 Å². The van der Waals surface area contributed by atoms with Gasteiger partial charge in [-0.1, -0.05) is 6.92 Å². The Morgan fingerprint density at radius 2 is 2.07 bits per heavy atom. The first kappa shape index (κ1) is 11.0. The summed E-state index contributed by atoms with van der Waals surface area (Å²) in [6.45, 7) is 5.70. The number of nitrogens with zero attached hydrogens (tertiary/aromatic N) is 2. The molecule has 0 saturated carbocycles. The van der Waals surface area contributed by atoms with Crippen LogP contribution in [0.5, 0.6) is 0 Å². The maximum Gasteiger partial charge on any atom is 0.322 e. The van der Waals surface area contributed by atoms with E-state index in [4.69, 9.17) is 5.11 Å². The number of aliphatic carboxylic acids is 1. The van der Waals surface area contributed by atoms with Gasteiger partial charge in [0.25, 0.3) is 0 Å². The lowest BCUT2D eigenvalue weighted by atomic mass is 10.1. The number of carbonyl (C=O) groups is 2. The Hall–Kier alpha value is -1.10. The van der Waals surface area contributed by atoms with Gasteiger partial charge in [0.2, 0.25) is 5.91 Å². The molecule has 0 spiro atoms. The van der Waals surface area contributed by atoms with Gasteiger partial charge in [-0.2, -0.15) is 0 Å². The molecule has 1 fully saturated rings. The zero-order valence-corrected chi connectivity index (χ0v) is 8.56. The molecule has 1 rings (SSSR count). The van der Waals surface area contributed by atoms with E-state index < -0.39 is 12.0 Å². The molecule has 14 heavy (non-hydrogen) atoms. The summed E-state index contributed by atoms with van der Waals surface area (Å²) >= 11 is 0. The summed E-state index contributed by atoms with van der Waals surface area (Å²) in [4.78, 5) is 25.5. The van der Waals surface area contributed by atoms with Gasteiger partial charge in [0.05, 0.1) is 0 Å². The van der Waals surface area contributed by atoms with Crippen molar-refractivity contribution in [2.45, 2.75) is 19.9 Å². The minimum atomic E-state index is -0.849. The number of hydrogen-bond acceptors (Lipinski definition) is 3. The lowest BCUT2D eigenvalue weighted by Gasteiger charge is -2.38. The molecule has 80 valence electrons. The Kier molecular flexibility index (Phi) is 3.46. The minimum Gasteiger partial charge on any atom is -0.480 e. The first-order valence-corrected chi connectivity index (χ1v) is 4.78. The third kappa shape index (κ3) is 2.23. The van der Waals surface area contributed by atoms with Crippen LogP contribution in [0.4, 0.5) is 0 Å². The van der Waals surface area contributed by atoms with Gasteiger partial charge in [-0.3, -0.25) is 14.5 Å². The SMILES string of the molecule is CCN1CCN(C(C)=O)CC1C(=O)O. The largest absolute Gasteiger partial charge is 0.480 e. The first-order chi connectivity index (χ1) is 6.56. The first-order valence-electron chi connectivity index (χ1n) is 4.78. The quantitative estimate of drug-likeness (QED) is 0.660. The Labute approximate surface area is 83.3 Å². The fourth-order valence-electron chi connectivity index (χ4n) is 1.72. The topological polar surface area (TPSA) is 60.9 Å². The molecule has 1 N–H and O–H groups in total. The van der Waals surface area contributed by atoms with Crippen molar-refractivity contribution in [3.05, 3.63) is 0 Å². The molecule has 1 saturated heterocycles. The van der Waals surface area contributed by atoms with Crippen molar-refractivity contribution in [3.8, 4) is 0 Å². The number of carboxylic acid groups (broad SMARTS) is 1. The van der Waals surface area contributed by atoms with Crippen LogP contribution >= 0.6 is 0 Å². The number of rotatable bonds is 2. The van der Waals surface area contributed by atoms with Gasteiger partial charge in [-0.25, -0.2) is 0 Å². The van der Waals surface area contributed by atoms with Crippen LogP contribution in [0.15, 0.2) is 0 Å². The molecule has 0 bridgehead atoms. The zero-order valence-electron chi connectivity index (χ0n) is 8.56. The maximum atomic E-state index is 11.1. The highest BCUT2D eigenvalue weighted by Gasteiger charge is 2.31. The molecular weight excluding hydrogens is 184 g/mol. The molecule has 0 aromatic carbocycles. The van der Waals surface area contributed by atoms with Gasteiger partial charge < -0.3 is 10.0 Å². The second-order valence-electron chi connectivity index (χ2n) is 3.45. The van der Waals surface area contributed by atoms with Crippen LogP contribution in [0.1, 0.15) is 13.8 Å². The van der Waals surface area contributed by atoms with Gasteiger partial charge >= 0.3 is 5.97 Å². The summed E-state index contributed by atoms with van der Waals surface area (Å²) in [5.74, 6) is -0.898. The van der Waals surface area contributed by atoms with Crippen molar-refractivity contribution in [1.82, 2.24) is 9.80 Å². The monoisotopic (exact) mass is 200 g/mol. The van der Waals surface area contributed by atoms with Crippen molar-refractivity contribution in [2.75, 3.05) is 26.2 Å². The zero-order chi connectivity index (χ0) is 10.7. The van der Waals surface area contributed by atoms with E-state index in [-0.39, 0.29) is 5.91 Å². The summed E-state index contributed by atoms with van der Waals surface area (Å²) in [5, 5.41) is 8.96. The van der Waals surface area contributed by atoms with Crippen molar-refractivity contribution < 1.29 is 14.7 Å². The molecule has 1 aliphatic heterocycles. The summed E-state index contributed by atoms with van der Waals surface area (Å²) in [6, 6.07) is -0.544. The number of carbonyl (C=O) groups excluding carboxylic acids is 1. The number of carboxylic acids is 1. The fraction of sp³-hybridized carbons (Fsp3) is 0.778. The van der Waals surface area contributed by atoms with Crippen LogP contribution < -0.4 is 0 Å². The van der Waals surface area contributed by atoms with Crippen molar-refractivity contribution in [1.29, 1.82) is 0 Å². The summed E-state index contributed by atoms with van der Waals surface area (Å²) < 4.78 is 0. The number of amides is 1. The Balaban J connectivity index is 2.66. The third-order valence-corrected chi connectivity index (χ3v) is 2.63. The molecule has 5 nitrogen and oxygen atoms in total. The highest BCUT2D eigenvalue weighted by Crippen LogP contribution is 2.09. The van der Waals surface area contributed by atoms with Crippen LogP contribution in [0.25, 0.3) is 0 Å². The lowest BCUT2D eigenvalue weighted by molar-refractivity contribution is -0.147. The maximum absolute atomic E-state index is 11.1. The fourth-order valence-corrected chi connectivity index (χ4v) is 1.72. The van der Waals surface area contributed by atoms with Crippen LogP contribution in [-0.2, 0) is 9.59 Å². The Bertz CT molecular complexity index is 242. The van der Waals surface area contributed by atoms with Gasteiger partial charge in [0, 0.05) is 26.6 Å². The van der Waals surface area contributed by atoms with E-state index >= 15 is 0 Å². The Morgan fingerprint density at radius 3 is 2.50 bits per heavy atom. The molecule has 1 heterocycles. The number of hydrogen-bond donors (Lipinski definition) is 1. The van der Waals surface area contributed by atoms with Gasteiger partial charge in [-0.15, -0.1) is 0 Å². The molecule has 0 radical (unpaired) electrons. The molecule has 0 aromatic rings. The average Bonchev–Trinajstić information content (AvgIpc) is 2.16. The smallest absolute Gasteiger partial charge is 0.322 e. The molecule has 5 heteroatoms. The van der Waals surface area contributed by atoms with Gasteiger partial charge in [0.1, 0.15) is 6.04 Å². The minimum absolute atomic E-state index is 0.0491. The average molecular weight is 200 g/mol. The normalized spacial score (nSPS) is 23.6. The van der Waals surface area contributed by atoms with E-state index in [9.17, 15) is 9.59 Å². The predicted octanol–water partition coefficient (Wildman–Crippen LogP) is -0.376. The molecule has 0 aliphatic carbocycles. The second-order valence-corrected chi connectivity index (χ2v) is 3.45. The van der Waals surface area contributed by atoms with Crippen LogP contribution in [0.3, 0.4) is 0 Å². The predicted molar refractivity (Wildman–Crippen MR) is 50.9 cm³/mol. The Morgan fingerprint density at radius 1 is 1.43 bits per heavy atom. The molecule has 1 unspecified atom stereocenters. The third-order valence-electron chi connectivity index (χ3n) is 2.63.